The molecule has 0 spiro atoms. The summed E-state index contributed by atoms with van der Waals surface area (Å²) >= 11 is 1.30. The van der Waals surface area contributed by atoms with Gasteiger partial charge in [0.2, 0.25) is 0 Å². The summed E-state index contributed by atoms with van der Waals surface area (Å²) in [5, 5.41) is 10.5. The first-order chi connectivity index (χ1) is 8.24. The number of nitriles is 1. The highest BCUT2D eigenvalue weighted by Gasteiger charge is 2.39. The third-order valence-corrected chi connectivity index (χ3v) is 5.91. The Kier molecular flexibility index (Phi) is 11.0. The third-order valence-electron chi connectivity index (χ3n) is 2.14. The van der Waals surface area contributed by atoms with E-state index in [2.05, 4.69) is 5.40 Å². The molecule has 4 nitrogen and oxygen atoms in total. The lowest BCUT2D eigenvalue weighted by Crippen LogP contribution is -2.45. The van der Waals surface area contributed by atoms with Crippen molar-refractivity contribution in [1.82, 2.24) is 0 Å². The molecular weight excluding hydrogens is 254 g/mol. The molecule has 100 valence electrons. The molecule has 0 atom stereocenters. The monoisotopic (exact) mass is 277 g/mol. The molecule has 0 rings (SSSR count). The van der Waals surface area contributed by atoms with Gasteiger partial charge in [0, 0.05) is 31.6 Å². The quantitative estimate of drug-likeness (QED) is 0.330. The Morgan fingerprint density at radius 1 is 1.00 bits per heavy atom. The first-order valence-corrected chi connectivity index (χ1v) is 9.09. The van der Waals surface area contributed by atoms with Gasteiger partial charge in [-0.15, -0.1) is 0 Å². The summed E-state index contributed by atoms with van der Waals surface area (Å²) < 4.78 is 17.2. The van der Waals surface area contributed by atoms with E-state index in [1.54, 1.807) is 0 Å². The average molecular weight is 277 g/mol. The zero-order valence-electron chi connectivity index (χ0n) is 11.0. The van der Waals surface area contributed by atoms with Gasteiger partial charge in [-0.2, -0.15) is 5.26 Å². The molecule has 6 heteroatoms. The zero-order chi connectivity index (χ0) is 13.0. The van der Waals surface area contributed by atoms with Gasteiger partial charge in [0.25, 0.3) is 0 Å². The van der Waals surface area contributed by atoms with Crippen LogP contribution < -0.4 is 0 Å². The second kappa shape index (κ2) is 11.1. The summed E-state index contributed by atoms with van der Waals surface area (Å²) in [5.74, 6) is 0.866. The maximum atomic E-state index is 8.43. The number of thioether (sulfide) groups is 1. The molecule has 0 amide bonds. The number of unbranched alkanes of at least 4 members (excludes halogenated alkanes) is 1. The molecule has 0 saturated carbocycles. The van der Waals surface area contributed by atoms with Crippen molar-refractivity contribution in [1.29, 1.82) is 5.26 Å². The summed E-state index contributed by atoms with van der Waals surface area (Å²) in [6.45, 7) is 7.76. The molecule has 0 unspecified atom stereocenters. The van der Waals surface area contributed by atoms with Crippen LogP contribution >= 0.6 is 11.8 Å². The molecule has 0 aromatic rings. The zero-order valence-corrected chi connectivity index (χ0v) is 12.8. The van der Waals surface area contributed by atoms with E-state index in [9.17, 15) is 0 Å². The molecule has 0 radical (unpaired) electrons. The third kappa shape index (κ3) is 7.79. The number of nitrogens with zero attached hydrogens (tertiary/aromatic N) is 1. The van der Waals surface area contributed by atoms with Gasteiger partial charge in [-0.1, -0.05) is 0 Å². The van der Waals surface area contributed by atoms with Crippen LogP contribution in [0.25, 0.3) is 0 Å². The van der Waals surface area contributed by atoms with E-state index in [-0.39, 0.29) is 0 Å². The van der Waals surface area contributed by atoms with Crippen LogP contribution in [-0.4, -0.2) is 34.4 Å². The maximum absolute atomic E-state index is 8.43. The molecule has 0 aromatic heterocycles. The standard InChI is InChI=1S/C11H23NO3SSi/c1-4-13-17(14-5-2,15-6-3)10-8-7-9-16-11-12/h4-10H2,1-3H3. The Morgan fingerprint density at radius 3 is 1.94 bits per heavy atom. The average Bonchev–Trinajstić information content (AvgIpc) is 2.30. The molecule has 0 aromatic carbocycles. The SMILES string of the molecule is CCO[Si](CCCCSC#N)(OCC)OCC. The topological polar surface area (TPSA) is 51.5 Å². The van der Waals surface area contributed by atoms with E-state index in [1.165, 1.54) is 11.8 Å². The van der Waals surface area contributed by atoms with E-state index in [0.717, 1.165) is 24.6 Å². The minimum atomic E-state index is -2.45. The van der Waals surface area contributed by atoms with Crippen LogP contribution in [0.15, 0.2) is 0 Å². The molecule has 0 aliphatic rings. The van der Waals surface area contributed by atoms with Crippen LogP contribution in [0.2, 0.25) is 6.04 Å². The van der Waals surface area contributed by atoms with Crippen molar-refractivity contribution in [2.75, 3.05) is 25.6 Å². The summed E-state index contributed by atoms with van der Waals surface area (Å²) in [6.07, 6.45) is 1.99. The summed E-state index contributed by atoms with van der Waals surface area (Å²) in [4.78, 5) is 0. The first kappa shape index (κ1) is 16.9. The van der Waals surface area contributed by atoms with Crippen molar-refractivity contribution < 1.29 is 13.3 Å². The summed E-state index contributed by atoms with van der Waals surface area (Å²) in [6, 6.07) is 0.842. The lowest BCUT2D eigenvalue weighted by atomic mass is 10.4. The van der Waals surface area contributed by atoms with Crippen LogP contribution in [0.1, 0.15) is 33.6 Å². The van der Waals surface area contributed by atoms with E-state index < -0.39 is 8.80 Å². The number of hydrogen-bond acceptors (Lipinski definition) is 5. The molecule has 0 saturated heterocycles. The fourth-order valence-electron chi connectivity index (χ4n) is 1.56. The lowest BCUT2D eigenvalue weighted by molar-refractivity contribution is 0.0708. The maximum Gasteiger partial charge on any atom is 0.500 e. The van der Waals surface area contributed by atoms with E-state index in [4.69, 9.17) is 18.5 Å². The minimum absolute atomic E-state index is 0.624. The van der Waals surface area contributed by atoms with Gasteiger partial charge in [0.05, 0.1) is 0 Å². The van der Waals surface area contributed by atoms with Crippen LogP contribution in [0.3, 0.4) is 0 Å². The van der Waals surface area contributed by atoms with Crippen molar-refractivity contribution in [2.45, 2.75) is 39.7 Å². The van der Waals surface area contributed by atoms with Crippen molar-refractivity contribution in [2.24, 2.45) is 0 Å². The second-order valence-electron chi connectivity index (χ2n) is 3.38. The van der Waals surface area contributed by atoms with Gasteiger partial charge in [0.1, 0.15) is 5.40 Å². The van der Waals surface area contributed by atoms with Crippen LogP contribution in [0.4, 0.5) is 0 Å². The number of hydrogen-bond donors (Lipinski definition) is 0. The molecular formula is C11H23NO3SSi. The predicted molar refractivity (Wildman–Crippen MR) is 72.7 cm³/mol. The van der Waals surface area contributed by atoms with Crippen molar-refractivity contribution in [3.8, 4) is 5.40 Å². The highest BCUT2D eigenvalue weighted by molar-refractivity contribution is 8.03. The summed E-state index contributed by atoms with van der Waals surface area (Å²) in [7, 11) is -2.45. The van der Waals surface area contributed by atoms with Gasteiger partial charge < -0.3 is 13.3 Å². The smallest absolute Gasteiger partial charge is 0.374 e. The van der Waals surface area contributed by atoms with Crippen molar-refractivity contribution in [3.63, 3.8) is 0 Å². The molecule has 0 fully saturated rings. The predicted octanol–water partition coefficient (Wildman–Crippen LogP) is 3.03. The largest absolute Gasteiger partial charge is 0.500 e. The molecule has 0 aliphatic heterocycles. The highest BCUT2D eigenvalue weighted by Crippen LogP contribution is 2.20. The second-order valence-corrected chi connectivity index (χ2v) is 6.99. The van der Waals surface area contributed by atoms with Gasteiger partial charge >= 0.3 is 8.80 Å². The van der Waals surface area contributed by atoms with E-state index >= 15 is 0 Å². The molecule has 0 aliphatic carbocycles. The van der Waals surface area contributed by atoms with Crippen LogP contribution in [-0.2, 0) is 13.3 Å². The highest BCUT2D eigenvalue weighted by atomic mass is 32.2. The van der Waals surface area contributed by atoms with Gasteiger partial charge in [-0.3, -0.25) is 0 Å². The van der Waals surface area contributed by atoms with Crippen molar-refractivity contribution >= 4 is 20.6 Å². The molecule has 0 bridgehead atoms. The number of thiocyanates is 1. The van der Waals surface area contributed by atoms with Crippen LogP contribution in [0.5, 0.6) is 0 Å². The van der Waals surface area contributed by atoms with Gasteiger partial charge in [0.15, 0.2) is 0 Å². The number of rotatable bonds is 11. The van der Waals surface area contributed by atoms with Gasteiger partial charge in [-0.05, 0) is 45.4 Å². The van der Waals surface area contributed by atoms with E-state index in [1.807, 2.05) is 20.8 Å². The van der Waals surface area contributed by atoms with Crippen LogP contribution in [0, 0.1) is 10.7 Å². The Labute approximate surface area is 110 Å². The Hall–Kier alpha value is -0.0631. The van der Waals surface area contributed by atoms with Gasteiger partial charge in [-0.25, -0.2) is 0 Å². The Morgan fingerprint density at radius 2 is 1.53 bits per heavy atom. The fraction of sp³-hybridized carbons (Fsp3) is 0.909. The normalized spacial score (nSPS) is 11.4. The Bertz CT molecular complexity index is 206. The van der Waals surface area contributed by atoms with E-state index in [0.29, 0.717) is 19.8 Å². The molecule has 17 heavy (non-hydrogen) atoms. The summed E-state index contributed by atoms with van der Waals surface area (Å²) in [5.41, 5.74) is 0. The minimum Gasteiger partial charge on any atom is -0.374 e. The fourth-order valence-corrected chi connectivity index (χ4v) is 4.69. The lowest BCUT2D eigenvalue weighted by Gasteiger charge is -2.28. The first-order valence-electron chi connectivity index (χ1n) is 6.17. The van der Waals surface area contributed by atoms with Crippen molar-refractivity contribution in [3.05, 3.63) is 0 Å². The molecule has 0 N–H and O–H groups in total. The molecule has 0 heterocycles. The Balaban J connectivity index is 4.10.